The zero-order chi connectivity index (χ0) is 18.1. The first-order chi connectivity index (χ1) is 12.1. The fraction of sp³-hybridized carbons (Fsp3) is 0.474. The second kappa shape index (κ2) is 9.71. The summed E-state index contributed by atoms with van der Waals surface area (Å²) in [7, 11) is 0. The van der Waals surface area contributed by atoms with Crippen LogP contribution in [0.1, 0.15) is 38.7 Å². The van der Waals surface area contributed by atoms with Gasteiger partial charge in [0.05, 0.1) is 13.2 Å². The number of ether oxygens (including phenoxy) is 3. The second-order valence-electron chi connectivity index (χ2n) is 5.78. The van der Waals surface area contributed by atoms with Crippen LogP contribution in [-0.4, -0.2) is 37.7 Å². The number of benzene rings is 1. The molecule has 0 saturated heterocycles. The molecule has 0 unspecified atom stereocenters. The van der Waals surface area contributed by atoms with E-state index in [1.807, 2.05) is 32.0 Å². The van der Waals surface area contributed by atoms with Gasteiger partial charge in [0.2, 0.25) is 0 Å². The highest BCUT2D eigenvalue weighted by Gasteiger charge is 2.11. The SMILES string of the molecule is CCC(CC)NC(=O)COC(=O)/C=C/c1ccc2c(c1)OCCCO2. The van der Waals surface area contributed by atoms with Crippen molar-refractivity contribution in [2.24, 2.45) is 0 Å². The van der Waals surface area contributed by atoms with Gasteiger partial charge in [-0.1, -0.05) is 19.9 Å². The third kappa shape index (κ3) is 6.14. The minimum atomic E-state index is -0.563. The van der Waals surface area contributed by atoms with Crippen LogP contribution in [0.15, 0.2) is 24.3 Å². The van der Waals surface area contributed by atoms with Gasteiger partial charge in [0.15, 0.2) is 18.1 Å². The molecule has 6 nitrogen and oxygen atoms in total. The van der Waals surface area contributed by atoms with E-state index in [1.54, 1.807) is 6.08 Å². The fourth-order valence-corrected chi connectivity index (χ4v) is 2.39. The molecule has 0 fully saturated rings. The maximum absolute atomic E-state index is 11.7. The second-order valence-corrected chi connectivity index (χ2v) is 5.78. The molecule has 1 aliphatic rings. The Morgan fingerprint density at radius 2 is 1.92 bits per heavy atom. The van der Waals surface area contributed by atoms with E-state index < -0.39 is 5.97 Å². The lowest BCUT2D eigenvalue weighted by Crippen LogP contribution is -2.36. The van der Waals surface area contributed by atoms with Crippen LogP contribution < -0.4 is 14.8 Å². The molecule has 136 valence electrons. The lowest BCUT2D eigenvalue weighted by atomic mass is 10.2. The number of hydrogen-bond donors (Lipinski definition) is 1. The first-order valence-corrected chi connectivity index (χ1v) is 8.66. The summed E-state index contributed by atoms with van der Waals surface area (Å²) in [5.41, 5.74) is 0.794. The van der Waals surface area contributed by atoms with E-state index in [9.17, 15) is 9.59 Å². The average molecular weight is 347 g/mol. The normalized spacial score (nSPS) is 13.6. The first kappa shape index (κ1) is 18.8. The summed E-state index contributed by atoms with van der Waals surface area (Å²) in [6, 6.07) is 5.57. The zero-order valence-electron chi connectivity index (χ0n) is 14.7. The van der Waals surface area contributed by atoms with E-state index in [-0.39, 0.29) is 18.6 Å². The number of nitrogens with one attached hydrogen (secondary N) is 1. The van der Waals surface area contributed by atoms with Gasteiger partial charge in [-0.3, -0.25) is 4.79 Å². The Kier molecular flexibility index (Phi) is 7.32. The molecular weight excluding hydrogens is 322 g/mol. The van der Waals surface area contributed by atoms with Crippen LogP contribution in [0.4, 0.5) is 0 Å². The largest absolute Gasteiger partial charge is 0.490 e. The van der Waals surface area contributed by atoms with Crippen molar-refractivity contribution in [1.29, 1.82) is 0 Å². The van der Waals surface area contributed by atoms with Gasteiger partial charge >= 0.3 is 5.97 Å². The topological polar surface area (TPSA) is 73.9 Å². The lowest BCUT2D eigenvalue weighted by molar-refractivity contribution is -0.144. The number of carbonyl (C=O) groups excluding carboxylic acids is 2. The molecular formula is C19H25NO5. The van der Waals surface area contributed by atoms with E-state index >= 15 is 0 Å². The third-order valence-corrected chi connectivity index (χ3v) is 3.88. The third-order valence-electron chi connectivity index (χ3n) is 3.88. The van der Waals surface area contributed by atoms with Gasteiger partial charge in [0.25, 0.3) is 5.91 Å². The molecule has 2 rings (SSSR count). The maximum Gasteiger partial charge on any atom is 0.331 e. The van der Waals surface area contributed by atoms with Gasteiger partial charge in [-0.25, -0.2) is 4.79 Å². The first-order valence-electron chi connectivity index (χ1n) is 8.66. The van der Waals surface area contributed by atoms with Gasteiger partial charge in [0.1, 0.15) is 0 Å². The Morgan fingerprint density at radius 1 is 1.20 bits per heavy atom. The van der Waals surface area contributed by atoms with Crippen molar-refractivity contribution in [1.82, 2.24) is 5.32 Å². The van der Waals surface area contributed by atoms with Crippen molar-refractivity contribution in [3.8, 4) is 11.5 Å². The molecule has 0 aliphatic carbocycles. The average Bonchev–Trinajstić information content (AvgIpc) is 2.87. The van der Waals surface area contributed by atoms with Gasteiger partial charge in [-0.2, -0.15) is 0 Å². The van der Waals surface area contributed by atoms with E-state index in [4.69, 9.17) is 14.2 Å². The number of fused-ring (bicyclic) bond motifs is 1. The van der Waals surface area contributed by atoms with E-state index in [2.05, 4.69) is 5.32 Å². The molecule has 1 amide bonds. The molecule has 0 aromatic heterocycles. The number of rotatable bonds is 7. The van der Waals surface area contributed by atoms with Crippen LogP contribution in [0.2, 0.25) is 0 Å². The highest BCUT2D eigenvalue weighted by molar-refractivity contribution is 5.89. The molecule has 1 aromatic rings. The summed E-state index contributed by atoms with van der Waals surface area (Å²) >= 11 is 0. The summed E-state index contributed by atoms with van der Waals surface area (Å²) in [4.78, 5) is 23.4. The predicted molar refractivity (Wildman–Crippen MR) is 94.6 cm³/mol. The number of amides is 1. The lowest BCUT2D eigenvalue weighted by Gasteiger charge is -2.14. The molecule has 0 atom stereocenters. The Hall–Kier alpha value is -2.50. The van der Waals surface area contributed by atoms with E-state index in [0.29, 0.717) is 24.7 Å². The number of carbonyl (C=O) groups is 2. The standard InChI is InChI=1S/C19H25NO5/c1-3-15(4-2)20-18(21)13-25-19(22)9-7-14-6-8-16-17(12-14)24-11-5-10-23-16/h6-9,12,15H,3-5,10-11,13H2,1-2H3,(H,20,21)/b9-7+. The molecule has 1 heterocycles. The van der Waals surface area contributed by atoms with Gasteiger partial charge in [-0.05, 0) is 36.6 Å². The molecule has 0 saturated carbocycles. The Balaban J connectivity index is 1.84. The molecule has 0 spiro atoms. The number of esters is 1. The van der Waals surface area contributed by atoms with Crippen LogP contribution in [0.3, 0.4) is 0 Å². The van der Waals surface area contributed by atoms with Gasteiger partial charge in [0, 0.05) is 18.5 Å². The van der Waals surface area contributed by atoms with Crippen molar-refractivity contribution < 1.29 is 23.8 Å². The van der Waals surface area contributed by atoms with Crippen LogP contribution in [0.5, 0.6) is 11.5 Å². The molecule has 6 heteroatoms. The minimum absolute atomic E-state index is 0.114. The summed E-state index contributed by atoms with van der Waals surface area (Å²) < 4.78 is 16.1. The quantitative estimate of drug-likeness (QED) is 0.606. The summed E-state index contributed by atoms with van der Waals surface area (Å²) in [5.74, 6) is 0.519. The van der Waals surface area contributed by atoms with Crippen molar-refractivity contribution in [2.45, 2.75) is 39.2 Å². The maximum atomic E-state index is 11.7. The van der Waals surface area contributed by atoms with Crippen molar-refractivity contribution in [3.05, 3.63) is 29.8 Å². The van der Waals surface area contributed by atoms with Crippen LogP contribution >= 0.6 is 0 Å². The Morgan fingerprint density at radius 3 is 2.64 bits per heavy atom. The minimum Gasteiger partial charge on any atom is -0.490 e. The number of hydrogen-bond acceptors (Lipinski definition) is 5. The van der Waals surface area contributed by atoms with Crippen LogP contribution in [0.25, 0.3) is 6.08 Å². The highest BCUT2D eigenvalue weighted by atomic mass is 16.5. The zero-order valence-corrected chi connectivity index (χ0v) is 14.7. The fourth-order valence-electron chi connectivity index (χ4n) is 2.39. The van der Waals surface area contributed by atoms with Crippen molar-refractivity contribution >= 4 is 18.0 Å². The van der Waals surface area contributed by atoms with Gasteiger partial charge in [-0.15, -0.1) is 0 Å². The van der Waals surface area contributed by atoms with Crippen LogP contribution in [-0.2, 0) is 14.3 Å². The summed E-state index contributed by atoms with van der Waals surface area (Å²) in [6.07, 6.45) is 5.45. The predicted octanol–water partition coefficient (Wildman–Crippen LogP) is 2.71. The molecule has 1 N–H and O–H groups in total. The molecule has 1 aliphatic heterocycles. The highest BCUT2D eigenvalue weighted by Crippen LogP contribution is 2.30. The van der Waals surface area contributed by atoms with Crippen molar-refractivity contribution in [3.63, 3.8) is 0 Å². The Bertz CT molecular complexity index is 622. The molecule has 0 radical (unpaired) electrons. The van der Waals surface area contributed by atoms with Crippen LogP contribution in [0, 0.1) is 0 Å². The summed E-state index contributed by atoms with van der Waals surface area (Å²) in [5, 5.41) is 2.81. The molecule has 1 aromatic carbocycles. The summed E-state index contributed by atoms with van der Waals surface area (Å²) in [6.45, 7) is 4.96. The van der Waals surface area contributed by atoms with Gasteiger partial charge < -0.3 is 19.5 Å². The van der Waals surface area contributed by atoms with E-state index in [1.165, 1.54) is 6.08 Å². The monoisotopic (exact) mass is 347 g/mol. The molecule has 25 heavy (non-hydrogen) atoms. The smallest absolute Gasteiger partial charge is 0.331 e. The van der Waals surface area contributed by atoms with E-state index in [0.717, 1.165) is 24.8 Å². The Labute approximate surface area is 148 Å². The van der Waals surface area contributed by atoms with Crippen molar-refractivity contribution in [2.75, 3.05) is 19.8 Å². The molecule has 0 bridgehead atoms.